The van der Waals surface area contributed by atoms with Gasteiger partial charge in [0.2, 0.25) is 0 Å². The number of hydrogen-bond acceptors (Lipinski definition) is 2. The van der Waals surface area contributed by atoms with Gasteiger partial charge in [0.05, 0.1) is 12.2 Å². The minimum atomic E-state index is 0. The number of para-hydroxylation sites is 1. The van der Waals surface area contributed by atoms with Crippen molar-refractivity contribution in [2.24, 2.45) is 0 Å². The zero-order chi connectivity index (χ0) is 14.9. The van der Waals surface area contributed by atoms with Gasteiger partial charge in [-0.2, -0.15) is 0 Å². The smallest absolute Gasteiger partial charge is 0.0651 e. The Balaban J connectivity index is 0.00000104. The van der Waals surface area contributed by atoms with E-state index in [0.29, 0.717) is 0 Å². The summed E-state index contributed by atoms with van der Waals surface area (Å²) in [5, 5.41) is 1.40. The van der Waals surface area contributed by atoms with Crippen LogP contribution in [0.3, 0.4) is 0 Å². The normalized spacial score (nSPS) is 14.4. The van der Waals surface area contributed by atoms with Crippen LogP contribution in [0.15, 0.2) is 48.7 Å². The maximum atomic E-state index is 4.52. The molecule has 0 bridgehead atoms. The van der Waals surface area contributed by atoms with Crippen molar-refractivity contribution in [3.05, 3.63) is 65.6 Å². The predicted octanol–water partition coefficient (Wildman–Crippen LogP) is 4.31. The van der Waals surface area contributed by atoms with E-state index >= 15 is 0 Å². The minimum Gasteiger partial charge on any atom is -0.338 e. The Hall–Kier alpha value is -1.55. The lowest BCUT2D eigenvalue weighted by Crippen LogP contribution is -2.16. The van der Waals surface area contributed by atoms with Crippen LogP contribution in [0.5, 0.6) is 0 Å². The first-order valence-electron chi connectivity index (χ1n) is 8.00. The van der Waals surface area contributed by atoms with Gasteiger partial charge in [-0.15, -0.1) is 24.8 Å². The largest absolute Gasteiger partial charge is 0.338 e. The average Bonchev–Trinajstić information content (AvgIpc) is 2.70. The Labute approximate surface area is 155 Å². The molecule has 1 aromatic carbocycles. The highest BCUT2D eigenvalue weighted by Crippen LogP contribution is 2.30. The average molecular weight is 364 g/mol. The number of nitrogens with zero attached hydrogens (tertiary/aromatic N) is 3. The molecule has 0 fully saturated rings. The zero-order valence-corrected chi connectivity index (χ0v) is 15.4. The third kappa shape index (κ3) is 3.44. The molecule has 5 heteroatoms. The monoisotopic (exact) mass is 363 g/mol. The molecule has 0 aliphatic carbocycles. The van der Waals surface area contributed by atoms with Crippen LogP contribution in [-0.2, 0) is 19.5 Å². The van der Waals surface area contributed by atoms with Crippen molar-refractivity contribution >= 4 is 35.7 Å². The summed E-state index contributed by atoms with van der Waals surface area (Å²) < 4.78 is 2.48. The predicted molar refractivity (Wildman–Crippen MR) is 104 cm³/mol. The van der Waals surface area contributed by atoms with E-state index in [9.17, 15) is 0 Å². The van der Waals surface area contributed by atoms with E-state index in [0.717, 1.165) is 25.2 Å². The fourth-order valence-corrected chi connectivity index (χ4v) is 3.59. The second-order valence-electron chi connectivity index (χ2n) is 6.19. The Kier molecular flexibility index (Phi) is 6.27. The molecule has 0 N–H and O–H groups in total. The number of rotatable bonds is 2. The lowest BCUT2D eigenvalue weighted by atomic mass is 10.1. The molecule has 0 atom stereocenters. The first-order valence-corrected chi connectivity index (χ1v) is 8.00. The molecule has 1 aliphatic rings. The van der Waals surface area contributed by atoms with E-state index in [1.54, 1.807) is 0 Å². The van der Waals surface area contributed by atoms with E-state index in [1.165, 1.54) is 35.1 Å². The second-order valence-corrected chi connectivity index (χ2v) is 6.19. The minimum absolute atomic E-state index is 0. The zero-order valence-electron chi connectivity index (χ0n) is 13.8. The quantitative estimate of drug-likeness (QED) is 0.676. The lowest BCUT2D eigenvalue weighted by molar-refractivity contribution is 0.333. The Morgan fingerprint density at radius 2 is 1.83 bits per heavy atom. The molecular weight excluding hydrogens is 341 g/mol. The summed E-state index contributed by atoms with van der Waals surface area (Å²) in [6.07, 6.45) is 4.26. The number of benzene rings is 1. The van der Waals surface area contributed by atoms with E-state index < -0.39 is 0 Å². The molecule has 0 spiro atoms. The summed E-state index contributed by atoms with van der Waals surface area (Å²) in [7, 11) is 2.22. The molecule has 2 aromatic heterocycles. The van der Waals surface area contributed by atoms with Gasteiger partial charge in [0.1, 0.15) is 0 Å². The topological polar surface area (TPSA) is 21.1 Å². The maximum absolute atomic E-state index is 4.52. The number of fused-ring (bicyclic) bond motifs is 3. The van der Waals surface area contributed by atoms with Crippen molar-refractivity contribution in [1.82, 2.24) is 14.5 Å². The summed E-state index contributed by atoms with van der Waals surface area (Å²) >= 11 is 0. The van der Waals surface area contributed by atoms with Gasteiger partial charge in [0.15, 0.2) is 0 Å². The van der Waals surface area contributed by atoms with Gasteiger partial charge in [-0.05, 0) is 50.2 Å². The van der Waals surface area contributed by atoms with Crippen molar-refractivity contribution in [2.45, 2.75) is 25.9 Å². The van der Waals surface area contributed by atoms with Crippen LogP contribution in [0.1, 0.15) is 23.4 Å². The summed E-state index contributed by atoms with van der Waals surface area (Å²) in [5.41, 5.74) is 5.47. The molecule has 0 amide bonds. The van der Waals surface area contributed by atoms with Gasteiger partial charge in [-0.3, -0.25) is 4.98 Å². The molecule has 0 radical (unpaired) electrons. The van der Waals surface area contributed by atoms with Gasteiger partial charge in [-0.25, -0.2) is 0 Å². The highest BCUT2D eigenvalue weighted by molar-refractivity contribution is 5.86. The van der Waals surface area contributed by atoms with Gasteiger partial charge in [0.25, 0.3) is 0 Å². The standard InChI is InChI=1S/C19H21N3.2ClH/c1-21-12-6-10-19-17(14-21)16-8-2-3-9-18(16)22(19)13-15-7-4-5-11-20-15;;/h2-5,7-9,11H,6,10,12-14H2,1H3;2*1H. The molecule has 3 heterocycles. The highest BCUT2D eigenvalue weighted by atomic mass is 35.5. The summed E-state index contributed by atoms with van der Waals surface area (Å²) in [5.74, 6) is 0. The van der Waals surface area contributed by atoms with Gasteiger partial charge in [-0.1, -0.05) is 24.3 Å². The number of pyridine rings is 1. The van der Waals surface area contributed by atoms with Gasteiger partial charge < -0.3 is 9.47 Å². The lowest BCUT2D eigenvalue weighted by Gasteiger charge is -2.12. The van der Waals surface area contributed by atoms with Crippen LogP contribution in [0.4, 0.5) is 0 Å². The van der Waals surface area contributed by atoms with Crippen LogP contribution < -0.4 is 0 Å². The van der Waals surface area contributed by atoms with E-state index in [1.807, 2.05) is 12.3 Å². The Bertz CT molecular complexity index is 799. The fraction of sp³-hybridized carbons (Fsp3) is 0.316. The van der Waals surface area contributed by atoms with Crippen LogP contribution in [-0.4, -0.2) is 28.0 Å². The Morgan fingerprint density at radius 1 is 1.04 bits per heavy atom. The van der Waals surface area contributed by atoms with Crippen molar-refractivity contribution in [3.8, 4) is 0 Å². The van der Waals surface area contributed by atoms with Crippen LogP contribution in [0.2, 0.25) is 0 Å². The van der Waals surface area contributed by atoms with E-state index in [4.69, 9.17) is 0 Å². The number of aromatic nitrogens is 2. The van der Waals surface area contributed by atoms with E-state index in [-0.39, 0.29) is 24.8 Å². The molecular formula is C19H23Cl2N3. The number of hydrogen-bond donors (Lipinski definition) is 0. The van der Waals surface area contributed by atoms with Crippen molar-refractivity contribution in [2.75, 3.05) is 13.6 Å². The fourth-order valence-electron chi connectivity index (χ4n) is 3.59. The third-order valence-corrected chi connectivity index (χ3v) is 4.62. The van der Waals surface area contributed by atoms with Crippen LogP contribution >= 0.6 is 24.8 Å². The summed E-state index contributed by atoms with van der Waals surface area (Å²) in [6, 6.07) is 15.0. The maximum Gasteiger partial charge on any atom is 0.0651 e. The first kappa shape index (κ1) is 18.8. The summed E-state index contributed by atoms with van der Waals surface area (Å²) in [4.78, 5) is 6.95. The number of halogens is 2. The van der Waals surface area contributed by atoms with E-state index in [2.05, 4.69) is 57.9 Å². The summed E-state index contributed by atoms with van der Waals surface area (Å²) in [6.45, 7) is 3.08. The van der Waals surface area contributed by atoms with Crippen molar-refractivity contribution in [3.63, 3.8) is 0 Å². The van der Waals surface area contributed by atoms with Crippen molar-refractivity contribution < 1.29 is 0 Å². The third-order valence-electron chi connectivity index (χ3n) is 4.62. The molecule has 4 rings (SSSR count). The molecule has 128 valence electrons. The van der Waals surface area contributed by atoms with Crippen LogP contribution in [0, 0.1) is 0 Å². The Morgan fingerprint density at radius 3 is 2.62 bits per heavy atom. The van der Waals surface area contributed by atoms with Gasteiger partial charge >= 0.3 is 0 Å². The SMILES string of the molecule is CN1CCCc2c(c3ccccc3n2Cc2ccccn2)C1.Cl.Cl. The molecule has 3 nitrogen and oxygen atoms in total. The molecule has 0 saturated heterocycles. The highest BCUT2D eigenvalue weighted by Gasteiger charge is 2.20. The van der Waals surface area contributed by atoms with Gasteiger partial charge in [0, 0.05) is 29.3 Å². The molecule has 0 unspecified atom stereocenters. The molecule has 3 aromatic rings. The first-order chi connectivity index (χ1) is 10.8. The molecule has 24 heavy (non-hydrogen) atoms. The van der Waals surface area contributed by atoms with Crippen molar-refractivity contribution in [1.29, 1.82) is 0 Å². The molecule has 0 saturated carbocycles. The van der Waals surface area contributed by atoms with Crippen LogP contribution in [0.25, 0.3) is 10.9 Å². The second kappa shape index (κ2) is 8.02. The molecule has 1 aliphatic heterocycles.